The molecule has 2 N–H and O–H groups in total. The topological polar surface area (TPSA) is 47.7 Å². The summed E-state index contributed by atoms with van der Waals surface area (Å²) in [4.78, 5) is 2.52. The van der Waals surface area contributed by atoms with Gasteiger partial charge in [-0.15, -0.1) is 0 Å². The van der Waals surface area contributed by atoms with Crippen molar-refractivity contribution in [3.8, 4) is 0 Å². The second-order valence-electron chi connectivity index (χ2n) is 5.87. The van der Waals surface area contributed by atoms with Gasteiger partial charge in [0.2, 0.25) is 0 Å². The number of likely N-dealkylation sites (tertiary alicyclic amines) is 1. The third-order valence-corrected chi connectivity index (χ3v) is 4.12. The normalized spacial score (nSPS) is 24.2. The third kappa shape index (κ3) is 3.19. The molecular formula is C13H28N2O2. The molecule has 0 aromatic carbocycles. The van der Waals surface area contributed by atoms with Crippen LogP contribution in [-0.2, 0) is 9.47 Å². The lowest BCUT2D eigenvalue weighted by Gasteiger charge is -2.47. The largest absolute Gasteiger partial charge is 0.356 e. The maximum atomic E-state index is 6.01. The van der Waals surface area contributed by atoms with Gasteiger partial charge in [-0.05, 0) is 40.2 Å². The van der Waals surface area contributed by atoms with Crippen molar-refractivity contribution in [2.45, 2.75) is 57.4 Å². The van der Waals surface area contributed by atoms with E-state index in [9.17, 15) is 0 Å². The number of hydrogen-bond acceptors (Lipinski definition) is 4. The first-order chi connectivity index (χ1) is 7.89. The Morgan fingerprint density at radius 3 is 2.29 bits per heavy atom. The van der Waals surface area contributed by atoms with Crippen LogP contribution in [0.2, 0.25) is 0 Å². The van der Waals surface area contributed by atoms with Crippen LogP contribution in [0, 0.1) is 0 Å². The van der Waals surface area contributed by atoms with Crippen LogP contribution in [0.3, 0.4) is 0 Å². The van der Waals surface area contributed by atoms with Gasteiger partial charge in [0.05, 0.1) is 0 Å². The minimum atomic E-state index is -0.181. The van der Waals surface area contributed by atoms with E-state index in [4.69, 9.17) is 15.2 Å². The predicted octanol–water partition coefficient (Wildman–Crippen LogP) is 1.59. The molecule has 0 bridgehead atoms. The number of methoxy groups -OCH3 is 2. The molecule has 0 aliphatic carbocycles. The Morgan fingerprint density at radius 2 is 1.94 bits per heavy atom. The Bertz CT molecular complexity index is 242. The summed E-state index contributed by atoms with van der Waals surface area (Å²) in [6.45, 7) is 8.54. The molecule has 0 amide bonds. The fraction of sp³-hybridized carbons (Fsp3) is 1.00. The SMILES string of the molecule is COC(CC(C)(CN)N1CCCC1(C)C)OC. The lowest BCUT2D eigenvalue weighted by molar-refractivity contribution is -0.133. The van der Waals surface area contributed by atoms with Gasteiger partial charge in [-0.1, -0.05) is 0 Å². The van der Waals surface area contributed by atoms with Gasteiger partial charge in [0, 0.05) is 38.3 Å². The highest BCUT2D eigenvalue weighted by atomic mass is 16.7. The quantitative estimate of drug-likeness (QED) is 0.721. The van der Waals surface area contributed by atoms with E-state index in [2.05, 4.69) is 25.7 Å². The first-order valence-corrected chi connectivity index (χ1v) is 6.43. The van der Waals surface area contributed by atoms with Gasteiger partial charge < -0.3 is 15.2 Å². The average Bonchev–Trinajstić information content (AvgIpc) is 2.66. The molecule has 1 unspecified atom stereocenters. The van der Waals surface area contributed by atoms with E-state index >= 15 is 0 Å². The zero-order valence-corrected chi connectivity index (χ0v) is 12.0. The van der Waals surface area contributed by atoms with Crippen molar-refractivity contribution in [2.75, 3.05) is 27.3 Å². The van der Waals surface area contributed by atoms with Crippen molar-refractivity contribution in [2.24, 2.45) is 5.73 Å². The van der Waals surface area contributed by atoms with Crippen LogP contribution < -0.4 is 5.73 Å². The molecule has 4 nitrogen and oxygen atoms in total. The fourth-order valence-electron chi connectivity index (χ4n) is 3.03. The molecule has 1 aliphatic rings. The molecule has 1 fully saturated rings. The Balaban J connectivity index is 2.80. The van der Waals surface area contributed by atoms with E-state index in [0.29, 0.717) is 6.54 Å². The number of hydrogen-bond donors (Lipinski definition) is 1. The zero-order valence-electron chi connectivity index (χ0n) is 12.0. The fourth-order valence-corrected chi connectivity index (χ4v) is 3.03. The molecule has 0 aromatic rings. The smallest absolute Gasteiger partial charge is 0.158 e. The second-order valence-corrected chi connectivity index (χ2v) is 5.87. The van der Waals surface area contributed by atoms with E-state index in [1.807, 2.05) is 0 Å². The summed E-state index contributed by atoms with van der Waals surface area (Å²) in [5.41, 5.74) is 6.18. The van der Waals surface area contributed by atoms with Gasteiger partial charge in [0.25, 0.3) is 0 Å². The monoisotopic (exact) mass is 244 g/mol. The van der Waals surface area contributed by atoms with Crippen LogP contribution in [0.5, 0.6) is 0 Å². The van der Waals surface area contributed by atoms with Crippen molar-refractivity contribution in [1.82, 2.24) is 4.90 Å². The van der Waals surface area contributed by atoms with E-state index in [0.717, 1.165) is 13.0 Å². The van der Waals surface area contributed by atoms with Crippen LogP contribution in [0.4, 0.5) is 0 Å². The lowest BCUT2D eigenvalue weighted by Crippen LogP contribution is -2.58. The Morgan fingerprint density at radius 1 is 1.35 bits per heavy atom. The van der Waals surface area contributed by atoms with Crippen LogP contribution in [0.15, 0.2) is 0 Å². The number of ether oxygens (including phenoxy) is 2. The first kappa shape index (κ1) is 14.9. The van der Waals surface area contributed by atoms with Crippen LogP contribution in [0.1, 0.15) is 40.0 Å². The molecule has 102 valence electrons. The maximum Gasteiger partial charge on any atom is 0.158 e. The molecule has 0 aromatic heterocycles. The Hall–Kier alpha value is -0.160. The van der Waals surface area contributed by atoms with Gasteiger partial charge in [-0.2, -0.15) is 0 Å². The van der Waals surface area contributed by atoms with Crippen LogP contribution >= 0.6 is 0 Å². The van der Waals surface area contributed by atoms with E-state index in [-0.39, 0.29) is 17.4 Å². The van der Waals surface area contributed by atoms with Gasteiger partial charge in [0.1, 0.15) is 0 Å². The molecule has 1 rings (SSSR count). The van der Waals surface area contributed by atoms with Crippen molar-refractivity contribution in [3.05, 3.63) is 0 Å². The highest BCUT2D eigenvalue weighted by molar-refractivity contribution is 4.99. The van der Waals surface area contributed by atoms with Gasteiger partial charge in [-0.25, -0.2) is 0 Å². The van der Waals surface area contributed by atoms with Gasteiger partial charge in [0.15, 0.2) is 6.29 Å². The van der Waals surface area contributed by atoms with Crippen molar-refractivity contribution >= 4 is 0 Å². The van der Waals surface area contributed by atoms with Crippen LogP contribution in [0.25, 0.3) is 0 Å². The summed E-state index contributed by atoms with van der Waals surface area (Å²) in [6.07, 6.45) is 3.10. The molecule has 0 saturated carbocycles. The highest BCUT2D eigenvalue weighted by Gasteiger charge is 2.44. The minimum absolute atomic E-state index is 0.0588. The molecule has 1 atom stereocenters. The Labute approximate surface area is 105 Å². The highest BCUT2D eigenvalue weighted by Crippen LogP contribution is 2.37. The summed E-state index contributed by atoms with van der Waals surface area (Å²) in [5, 5.41) is 0. The Kier molecular flexibility index (Phi) is 4.95. The van der Waals surface area contributed by atoms with Gasteiger partial charge >= 0.3 is 0 Å². The third-order valence-electron chi connectivity index (χ3n) is 4.12. The molecule has 1 heterocycles. The predicted molar refractivity (Wildman–Crippen MR) is 69.9 cm³/mol. The number of nitrogens with two attached hydrogens (primary N) is 1. The molecule has 1 saturated heterocycles. The molecule has 0 spiro atoms. The molecule has 1 aliphatic heterocycles. The summed E-state index contributed by atoms with van der Waals surface area (Å²) >= 11 is 0. The molecular weight excluding hydrogens is 216 g/mol. The van der Waals surface area contributed by atoms with E-state index in [1.165, 1.54) is 12.8 Å². The van der Waals surface area contributed by atoms with E-state index < -0.39 is 0 Å². The van der Waals surface area contributed by atoms with Gasteiger partial charge in [-0.3, -0.25) is 4.90 Å². The minimum Gasteiger partial charge on any atom is -0.356 e. The summed E-state index contributed by atoms with van der Waals surface area (Å²) in [6, 6.07) is 0. The molecule has 17 heavy (non-hydrogen) atoms. The summed E-state index contributed by atoms with van der Waals surface area (Å²) in [7, 11) is 3.36. The molecule has 0 radical (unpaired) electrons. The molecule has 4 heteroatoms. The number of rotatable bonds is 6. The maximum absolute atomic E-state index is 6.01. The van der Waals surface area contributed by atoms with E-state index in [1.54, 1.807) is 14.2 Å². The zero-order chi connectivity index (χ0) is 13.1. The van der Waals surface area contributed by atoms with Crippen molar-refractivity contribution in [3.63, 3.8) is 0 Å². The van der Waals surface area contributed by atoms with Crippen molar-refractivity contribution < 1.29 is 9.47 Å². The second kappa shape index (κ2) is 5.65. The van der Waals surface area contributed by atoms with Crippen LogP contribution in [-0.4, -0.2) is 49.6 Å². The summed E-state index contributed by atoms with van der Waals surface area (Å²) < 4.78 is 10.6. The summed E-state index contributed by atoms with van der Waals surface area (Å²) in [5.74, 6) is 0. The standard InChI is InChI=1S/C13H28N2O2/c1-12(2)7-6-8-15(12)13(3,10-14)9-11(16-4)17-5/h11H,6-10,14H2,1-5H3. The van der Waals surface area contributed by atoms with Crippen molar-refractivity contribution in [1.29, 1.82) is 0 Å². The number of nitrogens with zero attached hydrogens (tertiary/aromatic N) is 1. The lowest BCUT2D eigenvalue weighted by atomic mass is 9.90. The first-order valence-electron chi connectivity index (χ1n) is 6.43. The average molecular weight is 244 g/mol.